The van der Waals surface area contributed by atoms with Gasteiger partial charge >= 0.3 is 12.3 Å². The van der Waals surface area contributed by atoms with Crippen molar-refractivity contribution < 1.29 is 27.1 Å². The van der Waals surface area contributed by atoms with E-state index in [1.54, 1.807) is 25.7 Å². The molecule has 0 bridgehead atoms. The van der Waals surface area contributed by atoms with E-state index in [1.165, 1.54) is 0 Å². The Morgan fingerprint density at radius 1 is 1.29 bits per heavy atom. The van der Waals surface area contributed by atoms with Crippen LogP contribution in [0.1, 0.15) is 32.8 Å². The van der Waals surface area contributed by atoms with Gasteiger partial charge in [0.05, 0.1) is 17.3 Å². The summed E-state index contributed by atoms with van der Waals surface area (Å²) in [5.41, 5.74) is -1.55. The standard InChI is InChI=1S/C16H20F4N2O2/c1-15(2,3)24-14(23)21-11-6-7-22(9-11)13-5-4-10(8-12(13)17)16(18,19)20/h4-5,8,11H,6-7,9H2,1-3H3,(H,21,23). The van der Waals surface area contributed by atoms with Crippen LogP contribution in [0.5, 0.6) is 0 Å². The van der Waals surface area contributed by atoms with Crippen LogP contribution in [0.2, 0.25) is 0 Å². The third-order valence-electron chi connectivity index (χ3n) is 3.52. The first-order valence-electron chi connectivity index (χ1n) is 7.57. The number of nitrogens with zero attached hydrogens (tertiary/aromatic N) is 1. The van der Waals surface area contributed by atoms with Crippen molar-refractivity contribution in [2.24, 2.45) is 0 Å². The summed E-state index contributed by atoms with van der Waals surface area (Å²) < 4.78 is 56.9. The van der Waals surface area contributed by atoms with E-state index in [4.69, 9.17) is 4.74 Å². The summed E-state index contributed by atoms with van der Waals surface area (Å²) in [6.07, 6.45) is -4.59. The van der Waals surface area contributed by atoms with Gasteiger partial charge < -0.3 is 15.0 Å². The van der Waals surface area contributed by atoms with Gasteiger partial charge in [0.2, 0.25) is 0 Å². The number of ether oxygens (including phenoxy) is 1. The summed E-state index contributed by atoms with van der Waals surface area (Å²) >= 11 is 0. The van der Waals surface area contributed by atoms with E-state index in [-0.39, 0.29) is 11.7 Å². The van der Waals surface area contributed by atoms with Crippen molar-refractivity contribution in [3.8, 4) is 0 Å². The fraction of sp³-hybridized carbons (Fsp3) is 0.562. The number of benzene rings is 1. The van der Waals surface area contributed by atoms with Gasteiger partial charge in [-0.2, -0.15) is 13.2 Å². The zero-order valence-corrected chi connectivity index (χ0v) is 13.7. The lowest BCUT2D eigenvalue weighted by Crippen LogP contribution is -2.40. The SMILES string of the molecule is CC(C)(C)OC(=O)NC1CCN(c2ccc(C(F)(F)F)cc2F)C1. The smallest absolute Gasteiger partial charge is 0.416 e. The second-order valence-corrected chi connectivity index (χ2v) is 6.74. The predicted octanol–water partition coefficient (Wildman–Crippen LogP) is 3.95. The number of hydrogen-bond acceptors (Lipinski definition) is 3. The van der Waals surface area contributed by atoms with Gasteiger partial charge in [0.1, 0.15) is 11.4 Å². The highest BCUT2D eigenvalue weighted by Gasteiger charge is 2.33. The van der Waals surface area contributed by atoms with Crippen molar-refractivity contribution in [1.82, 2.24) is 5.32 Å². The molecule has 1 atom stereocenters. The molecule has 1 aliphatic heterocycles. The first kappa shape index (κ1) is 18.4. The molecule has 1 aliphatic rings. The lowest BCUT2D eigenvalue weighted by atomic mass is 10.2. The number of amides is 1. The quantitative estimate of drug-likeness (QED) is 0.823. The number of anilines is 1. The van der Waals surface area contributed by atoms with E-state index in [0.717, 1.165) is 12.1 Å². The molecule has 24 heavy (non-hydrogen) atoms. The van der Waals surface area contributed by atoms with E-state index < -0.39 is 29.3 Å². The van der Waals surface area contributed by atoms with E-state index in [0.29, 0.717) is 25.6 Å². The number of rotatable bonds is 2. The number of carbonyl (C=O) groups is 1. The van der Waals surface area contributed by atoms with Crippen molar-refractivity contribution in [3.05, 3.63) is 29.6 Å². The van der Waals surface area contributed by atoms with Gasteiger partial charge in [-0.25, -0.2) is 9.18 Å². The third-order valence-corrected chi connectivity index (χ3v) is 3.52. The average molecular weight is 348 g/mol. The topological polar surface area (TPSA) is 41.6 Å². The molecule has 1 saturated heterocycles. The van der Waals surface area contributed by atoms with Crippen molar-refractivity contribution >= 4 is 11.8 Å². The van der Waals surface area contributed by atoms with E-state index in [9.17, 15) is 22.4 Å². The summed E-state index contributed by atoms with van der Waals surface area (Å²) in [7, 11) is 0. The Bertz CT molecular complexity index is 611. The van der Waals surface area contributed by atoms with Crippen LogP contribution in [0.25, 0.3) is 0 Å². The molecule has 2 rings (SSSR count). The van der Waals surface area contributed by atoms with Gasteiger partial charge in [0, 0.05) is 13.1 Å². The van der Waals surface area contributed by atoms with Crippen LogP contribution in [0.15, 0.2) is 18.2 Å². The molecular weight excluding hydrogens is 328 g/mol. The molecule has 1 heterocycles. The van der Waals surface area contributed by atoms with Gasteiger partial charge in [-0.1, -0.05) is 0 Å². The van der Waals surface area contributed by atoms with Crippen LogP contribution in [-0.4, -0.2) is 30.8 Å². The lowest BCUT2D eigenvalue weighted by Gasteiger charge is -2.23. The molecule has 0 saturated carbocycles. The number of alkyl halides is 3. The number of carbonyl (C=O) groups excluding carboxylic acids is 1. The molecule has 1 aromatic carbocycles. The fourth-order valence-electron chi connectivity index (χ4n) is 2.51. The molecule has 1 amide bonds. The Morgan fingerprint density at radius 2 is 1.96 bits per heavy atom. The maximum atomic E-state index is 14.0. The van der Waals surface area contributed by atoms with Crippen molar-refractivity contribution in [3.63, 3.8) is 0 Å². The van der Waals surface area contributed by atoms with E-state index in [1.807, 2.05) is 0 Å². The molecule has 1 aromatic rings. The third kappa shape index (κ3) is 4.75. The van der Waals surface area contributed by atoms with Crippen LogP contribution < -0.4 is 10.2 Å². The van der Waals surface area contributed by atoms with Gasteiger partial charge in [-0.05, 0) is 45.4 Å². The van der Waals surface area contributed by atoms with Crippen molar-refractivity contribution in [2.45, 2.75) is 45.0 Å². The maximum Gasteiger partial charge on any atom is 0.416 e. The number of nitrogens with one attached hydrogen (secondary N) is 1. The number of halogens is 4. The lowest BCUT2D eigenvalue weighted by molar-refractivity contribution is -0.137. The van der Waals surface area contributed by atoms with Crippen molar-refractivity contribution in [1.29, 1.82) is 0 Å². The second kappa shape index (κ2) is 6.49. The second-order valence-electron chi connectivity index (χ2n) is 6.74. The fourth-order valence-corrected chi connectivity index (χ4v) is 2.51. The summed E-state index contributed by atoms with van der Waals surface area (Å²) in [6.45, 7) is 5.96. The molecule has 0 spiro atoms. The van der Waals surface area contributed by atoms with Gasteiger partial charge in [0.15, 0.2) is 0 Å². The van der Waals surface area contributed by atoms with E-state index in [2.05, 4.69) is 5.32 Å². The Hall–Kier alpha value is -1.99. The minimum atomic E-state index is -4.58. The molecule has 1 unspecified atom stereocenters. The molecule has 134 valence electrons. The first-order valence-corrected chi connectivity index (χ1v) is 7.57. The first-order chi connectivity index (χ1) is 11.0. The Balaban J connectivity index is 2.00. The number of alkyl carbamates (subject to hydrolysis) is 1. The Morgan fingerprint density at radius 3 is 2.50 bits per heavy atom. The normalized spacial score (nSPS) is 18.6. The highest BCUT2D eigenvalue weighted by molar-refractivity contribution is 5.68. The predicted molar refractivity (Wildman–Crippen MR) is 81.4 cm³/mol. The zero-order chi connectivity index (χ0) is 18.1. The zero-order valence-electron chi connectivity index (χ0n) is 13.7. The highest BCUT2D eigenvalue weighted by Crippen LogP contribution is 2.33. The Kier molecular flexibility index (Phi) is 4.96. The summed E-state index contributed by atoms with van der Waals surface area (Å²) in [4.78, 5) is 13.3. The van der Waals surface area contributed by atoms with Crippen LogP contribution in [0.4, 0.5) is 28.0 Å². The largest absolute Gasteiger partial charge is 0.444 e. The molecule has 0 aliphatic carbocycles. The average Bonchev–Trinajstić information content (AvgIpc) is 2.83. The van der Waals surface area contributed by atoms with Gasteiger partial charge in [0.25, 0.3) is 0 Å². The van der Waals surface area contributed by atoms with Crippen LogP contribution >= 0.6 is 0 Å². The van der Waals surface area contributed by atoms with Crippen LogP contribution in [-0.2, 0) is 10.9 Å². The molecular formula is C16H20F4N2O2. The van der Waals surface area contributed by atoms with Crippen molar-refractivity contribution in [2.75, 3.05) is 18.0 Å². The summed E-state index contributed by atoms with van der Waals surface area (Å²) in [5, 5.41) is 2.68. The van der Waals surface area contributed by atoms with Crippen LogP contribution in [0, 0.1) is 5.82 Å². The van der Waals surface area contributed by atoms with Gasteiger partial charge in [-0.3, -0.25) is 0 Å². The minimum Gasteiger partial charge on any atom is -0.444 e. The molecule has 8 heteroatoms. The Labute approximate surface area is 137 Å². The van der Waals surface area contributed by atoms with E-state index >= 15 is 0 Å². The number of hydrogen-bond donors (Lipinski definition) is 1. The van der Waals surface area contributed by atoms with Crippen LogP contribution in [0.3, 0.4) is 0 Å². The molecule has 1 N–H and O–H groups in total. The summed E-state index contributed by atoms with van der Waals surface area (Å²) in [5.74, 6) is -0.928. The monoisotopic (exact) mass is 348 g/mol. The summed E-state index contributed by atoms with van der Waals surface area (Å²) in [6, 6.07) is 2.21. The molecule has 0 radical (unpaired) electrons. The van der Waals surface area contributed by atoms with Gasteiger partial charge in [-0.15, -0.1) is 0 Å². The molecule has 4 nitrogen and oxygen atoms in total. The molecule has 0 aromatic heterocycles. The molecule has 1 fully saturated rings. The maximum absolute atomic E-state index is 14.0. The highest BCUT2D eigenvalue weighted by atomic mass is 19.4. The minimum absolute atomic E-state index is 0.0940.